The summed E-state index contributed by atoms with van der Waals surface area (Å²) in [5.41, 5.74) is -1.74. The number of rotatable bonds is 3. The minimum absolute atomic E-state index is 0.165. The number of sulfonamides is 1. The van der Waals surface area contributed by atoms with E-state index < -0.39 is 33.2 Å². The molecule has 0 amide bonds. The van der Waals surface area contributed by atoms with Gasteiger partial charge >= 0.3 is 6.18 Å². The summed E-state index contributed by atoms with van der Waals surface area (Å²) >= 11 is 2.87. The van der Waals surface area contributed by atoms with Crippen LogP contribution in [0.5, 0.6) is 0 Å². The molecule has 1 aromatic rings. The van der Waals surface area contributed by atoms with Crippen LogP contribution in [0.25, 0.3) is 0 Å². The van der Waals surface area contributed by atoms with Crippen molar-refractivity contribution in [2.75, 3.05) is 10.5 Å². The summed E-state index contributed by atoms with van der Waals surface area (Å²) in [4.78, 5) is 0. The standard InChI is InChI=1S/C9H6BrF3N2O2S/c10-6-1-2-8(7(5-6)9(11,12)13)15-18(16,17)4-3-14/h1-2,5,15H,4H2. The zero-order chi connectivity index (χ0) is 14.0. The van der Waals surface area contributed by atoms with Gasteiger partial charge in [-0.25, -0.2) is 8.42 Å². The molecule has 0 aliphatic rings. The Labute approximate surface area is 110 Å². The predicted octanol–water partition coefficient (Wildman–Crippen LogP) is 2.73. The van der Waals surface area contributed by atoms with Gasteiger partial charge < -0.3 is 0 Å². The topological polar surface area (TPSA) is 70.0 Å². The Kier molecular flexibility index (Phi) is 4.24. The molecule has 0 bridgehead atoms. The summed E-state index contributed by atoms with van der Waals surface area (Å²) in [7, 11) is -4.11. The fourth-order valence-electron chi connectivity index (χ4n) is 1.13. The van der Waals surface area contributed by atoms with Crippen molar-refractivity contribution in [3.05, 3.63) is 28.2 Å². The van der Waals surface area contributed by atoms with Crippen molar-refractivity contribution in [1.29, 1.82) is 5.26 Å². The number of hydrogen-bond acceptors (Lipinski definition) is 3. The van der Waals surface area contributed by atoms with E-state index in [0.717, 1.165) is 12.1 Å². The van der Waals surface area contributed by atoms with Crippen LogP contribution >= 0.6 is 15.9 Å². The summed E-state index contributed by atoms with van der Waals surface area (Å²) in [6.07, 6.45) is -4.70. The van der Waals surface area contributed by atoms with Crippen LogP contribution in [0.1, 0.15) is 5.56 Å². The van der Waals surface area contributed by atoms with Crippen molar-refractivity contribution in [3.8, 4) is 6.07 Å². The van der Waals surface area contributed by atoms with Crippen LogP contribution in [0, 0.1) is 11.3 Å². The maximum absolute atomic E-state index is 12.7. The van der Waals surface area contributed by atoms with Crippen molar-refractivity contribution in [3.63, 3.8) is 0 Å². The second kappa shape index (κ2) is 5.16. The van der Waals surface area contributed by atoms with Gasteiger partial charge in [0, 0.05) is 4.47 Å². The minimum atomic E-state index is -4.70. The molecule has 0 saturated carbocycles. The second-order valence-electron chi connectivity index (χ2n) is 3.21. The highest BCUT2D eigenvalue weighted by atomic mass is 79.9. The van der Waals surface area contributed by atoms with Gasteiger partial charge in [-0.2, -0.15) is 18.4 Å². The molecule has 4 nitrogen and oxygen atoms in total. The predicted molar refractivity (Wildman–Crippen MR) is 62.2 cm³/mol. The van der Waals surface area contributed by atoms with Gasteiger partial charge in [-0.3, -0.25) is 4.72 Å². The van der Waals surface area contributed by atoms with E-state index in [9.17, 15) is 21.6 Å². The molecule has 0 saturated heterocycles. The molecule has 1 N–H and O–H groups in total. The lowest BCUT2D eigenvalue weighted by Gasteiger charge is -2.14. The Morgan fingerprint density at radius 3 is 2.50 bits per heavy atom. The molecule has 98 valence electrons. The number of nitriles is 1. The molecule has 0 unspecified atom stereocenters. The highest BCUT2D eigenvalue weighted by Gasteiger charge is 2.34. The zero-order valence-corrected chi connectivity index (χ0v) is 11.0. The van der Waals surface area contributed by atoms with Crippen molar-refractivity contribution in [1.82, 2.24) is 0 Å². The van der Waals surface area contributed by atoms with Gasteiger partial charge in [0.25, 0.3) is 0 Å². The van der Waals surface area contributed by atoms with Crippen molar-refractivity contribution in [2.45, 2.75) is 6.18 Å². The summed E-state index contributed by atoms with van der Waals surface area (Å²) < 4.78 is 62.4. The molecular weight excluding hydrogens is 337 g/mol. The molecule has 0 aliphatic carbocycles. The molecule has 0 radical (unpaired) electrons. The fraction of sp³-hybridized carbons (Fsp3) is 0.222. The van der Waals surface area contributed by atoms with Crippen LogP contribution in [0.4, 0.5) is 18.9 Å². The van der Waals surface area contributed by atoms with Gasteiger partial charge in [-0.15, -0.1) is 0 Å². The summed E-state index contributed by atoms with van der Waals surface area (Å²) in [5.74, 6) is -0.916. The molecule has 1 aromatic carbocycles. The highest BCUT2D eigenvalue weighted by Crippen LogP contribution is 2.36. The Bertz CT molecular complexity index is 593. The summed E-state index contributed by atoms with van der Waals surface area (Å²) in [6.45, 7) is 0. The maximum atomic E-state index is 12.7. The van der Waals surface area contributed by atoms with Crippen molar-refractivity contribution in [2.24, 2.45) is 0 Å². The van der Waals surface area contributed by atoms with Crippen molar-refractivity contribution < 1.29 is 21.6 Å². The normalized spacial score (nSPS) is 11.9. The van der Waals surface area contributed by atoms with Gasteiger partial charge in [0.2, 0.25) is 10.0 Å². The molecule has 1 rings (SSSR count). The molecule has 0 aliphatic heterocycles. The second-order valence-corrected chi connectivity index (χ2v) is 5.84. The first-order valence-corrected chi connectivity index (χ1v) is 6.84. The summed E-state index contributed by atoms with van der Waals surface area (Å²) in [6, 6.07) is 4.35. The molecule has 0 heterocycles. The fourth-order valence-corrected chi connectivity index (χ4v) is 2.24. The minimum Gasteiger partial charge on any atom is -0.282 e. The van der Waals surface area contributed by atoms with E-state index >= 15 is 0 Å². The average molecular weight is 343 g/mol. The Morgan fingerprint density at radius 2 is 2.00 bits per heavy atom. The lowest BCUT2D eigenvalue weighted by atomic mass is 10.2. The number of nitrogens with one attached hydrogen (secondary N) is 1. The number of anilines is 1. The van der Waals surface area contributed by atoms with Crippen LogP contribution in [0.3, 0.4) is 0 Å². The quantitative estimate of drug-likeness (QED) is 0.918. The molecule has 9 heteroatoms. The number of alkyl halides is 3. The first kappa shape index (κ1) is 14.8. The lowest BCUT2D eigenvalue weighted by molar-refractivity contribution is -0.136. The van der Waals surface area contributed by atoms with Gasteiger partial charge in [-0.05, 0) is 18.2 Å². The molecule has 18 heavy (non-hydrogen) atoms. The molecule has 0 fully saturated rings. The van der Waals surface area contributed by atoms with Gasteiger partial charge in [0.15, 0.2) is 5.75 Å². The number of hydrogen-bond donors (Lipinski definition) is 1. The SMILES string of the molecule is N#CCS(=O)(=O)Nc1ccc(Br)cc1C(F)(F)F. The van der Waals surface area contributed by atoms with Crippen LogP contribution < -0.4 is 4.72 Å². The monoisotopic (exact) mass is 342 g/mol. The van der Waals surface area contributed by atoms with E-state index in [1.165, 1.54) is 12.1 Å². The van der Waals surface area contributed by atoms with Crippen LogP contribution in [0.2, 0.25) is 0 Å². The van der Waals surface area contributed by atoms with Crippen LogP contribution in [-0.2, 0) is 16.2 Å². The molecule has 0 spiro atoms. The third kappa shape index (κ3) is 3.89. The summed E-state index contributed by atoms with van der Waals surface area (Å²) in [5, 5.41) is 8.25. The Hall–Kier alpha value is -1.27. The Morgan fingerprint density at radius 1 is 1.39 bits per heavy atom. The maximum Gasteiger partial charge on any atom is 0.418 e. The number of halogens is 4. The van der Waals surface area contributed by atoms with E-state index in [-0.39, 0.29) is 4.47 Å². The van der Waals surface area contributed by atoms with E-state index in [0.29, 0.717) is 0 Å². The molecular formula is C9H6BrF3N2O2S. The third-order valence-corrected chi connectivity index (χ3v) is 3.34. The first-order valence-electron chi connectivity index (χ1n) is 4.40. The lowest BCUT2D eigenvalue weighted by Crippen LogP contribution is -2.19. The van der Waals surface area contributed by atoms with E-state index in [1.807, 2.05) is 0 Å². The third-order valence-electron chi connectivity index (χ3n) is 1.81. The van der Waals surface area contributed by atoms with E-state index in [1.54, 1.807) is 4.72 Å². The average Bonchev–Trinajstić information content (AvgIpc) is 2.18. The smallest absolute Gasteiger partial charge is 0.282 e. The Balaban J connectivity index is 3.23. The zero-order valence-electron chi connectivity index (χ0n) is 8.62. The van der Waals surface area contributed by atoms with Crippen LogP contribution in [0.15, 0.2) is 22.7 Å². The molecule has 0 aromatic heterocycles. The number of benzene rings is 1. The highest BCUT2D eigenvalue weighted by molar-refractivity contribution is 9.10. The van der Waals surface area contributed by atoms with Crippen LogP contribution in [-0.4, -0.2) is 14.2 Å². The van der Waals surface area contributed by atoms with Gasteiger partial charge in [-0.1, -0.05) is 15.9 Å². The number of nitrogens with zero attached hydrogens (tertiary/aromatic N) is 1. The van der Waals surface area contributed by atoms with Crippen molar-refractivity contribution >= 4 is 31.6 Å². The van der Waals surface area contributed by atoms with E-state index in [2.05, 4.69) is 15.9 Å². The first-order chi connectivity index (χ1) is 8.15. The van der Waals surface area contributed by atoms with Gasteiger partial charge in [0.05, 0.1) is 17.3 Å². The largest absolute Gasteiger partial charge is 0.418 e. The molecule has 0 atom stereocenters. The van der Waals surface area contributed by atoms with Gasteiger partial charge in [0.1, 0.15) is 0 Å². The van der Waals surface area contributed by atoms with E-state index in [4.69, 9.17) is 5.26 Å².